The van der Waals surface area contributed by atoms with Gasteiger partial charge in [-0.25, -0.2) is 0 Å². The Bertz CT molecular complexity index is 4290. The summed E-state index contributed by atoms with van der Waals surface area (Å²) in [7, 11) is 0. The van der Waals surface area contributed by atoms with Crippen LogP contribution in [0.5, 0.6) is 0 Å². The van der Waals surface area contributed by atoms with Gasteiger partial charge in [-0.1, -0.05) is 182 Å². The van der Waals surface area contributed by atoms with Gasteiger partial charge in [0.2, 0.25) is 0 Å². The Labute approximate surface area is 444 Å². The maximum absolute atomic E-state index is 7.12. The fourth-order valence-corrected chi connectivity index (χ4v) is 11.5. The molecule has 0 N–H and O–H groups in total. The lowest BCUT2D eigenvalue weighted by atomic mass is 9.97. The second kappa shape index (κ2) is 18.2. The fourth-order valence-electron chi connectivity index (χ4n) is 11.5. The Kier molecular flexibility index (Phi) is 10.5. The first-order valence-electron chi connectivity index (χ1n) is 26.1. The lowest BCUT2D eigenvalue weighted by molar-refractivity contribution is 0.668. The molecule has 0 aliphatic rings. The van der Waals surface area contributed by atoms with Crippen molar-refractivity contribution in [2.75, 3.05) is 9.80 Å². The van der Waals surface area contributed by atoms with Crippen molar-refractivity contribution in [3.8, 4) is 44.5 Å². The number of furan rings is 3. The summed E-state index contributed by atoms with van der Waals surface area (Å²) in [4.78, 5) is 4.64. The first-order valence-corrected chi connectivity index (χ1v) is 26.1. The van der Waals surface area contributed by atoms with Gasteiger partial charge < -0.3 is 23.1 Å². The Balaban J connectivity index is 0.927. The summed E-state index contributed by atoms with van der Waals surface area (Å²) in [5.41, 5.74) is 19.4. The largest absolute Gasteiger partial charge is 0.456 e. The molecule has 77 heavy (non-hydrogen) atoms. The number of anilines is 6. The molecule has 5 nitrogen and oxygen atoms in total. The van der Waals surface area contributed by atoms with Crippen LogP contribution in [-0.2, 0) is 0 Å². The maximum atomic E-state index is 7.12. The van der Waals surface area contributed by atoms with Crippen molar-refractivity contribution in [1.82, 2.24) is 0 Å². The lowest BCUT2D eigenvalue weighted by Gasteiger charge is -2.26. The molecule has 0 aliphatic carbocycles. The highest BCUT2D eigenvalue weighted by Crippen LogP contribution is 2.48. The summed E-state index contributed by atoms with van der Waals surface area (Å²) in [6, 6.07) is 98.3. The zero-order chi connectivity index (χ0) is 50.8. The SMILES string of the molecule is c1ccc(-c2cccc3c2oc2c(-c4ccc5c(c4)oc4cc(-c6cc(N(c7ccccc7)c7ccccc7)cc7c6oc6c(-c8ccccc8)cccc67)ccc45)cc(N(c4ccccc4)c4ccccc4)cc23)cc1. The second-order valence-electron chi connectivity index (χ2n) is 19.6. The molecule has 15 rings (SSSR count). The number of nitrogens with zero attached hydrogens (tertiary/aromatic N) is 2. The molecule has 3 aromatic heterocycles. The Hall–Kier alpha value is -10.4. The summed E-state index contributed by atoms with van der Waals surface area (Å²) in [5, 5.41) is 6.23. The molecule has 0 fully saturated rings. The van der Waals surface area contributed by atoms with E-state index in [-0.39, 0.29) is 0 Å². The van der Waals surface area contributed by atoms with Crippen LogP contribution in [-0.4, -0.2) is 0 Å². The average molecular weight is 987 g/mol. The molecule has 0 bridgehead atoms. The molecule has 0 radical (unpaired) electrons. The molecule has 0 unspecified atom stereocenters. The highest BCUT2D eigenvalue weighted by atomic mass is 16.3. The summed E-state index contributed by atoms with van der Waals surface area (Å²) < 4.78 is 21.3. The minimum atomic E-state index is 0.784. The molecule has 362 valence electrons. The fraction of sp³-hybridized carbons (Fsp3) is 0. The van der Waals surface area contributed by atoms with Gasteiger partial charge in [-0.3, -0.25) is 0 Å². The van der Waals surface area contributed by atoms with E-state index in [1.807, 2.05) is 0 Å². The van der Waals surface area contributed by atoms with Crippen molar-refractivity contribution in [2.45, 2.75) is 0 Å². The molecule has 12 aromatic carbocycles. The van der Waals surface area contributed by atoms with Crippen molar-refractivity contribution in [2.24, 2.45) is 0 Å². The predicted octanol–water partition coefficient (Wildman–Crippen LogP) is 21.0. The number of benzene rings is 12. The van der Waals surface area contributed by atoms with E-state index in [2.05, 4.69) is 289 Å². The summed E-state index contributed by atoms with van der Waals surface area (Å²) in [6.45, 7) is 0. The molecule has 0 amide bonds. The minimum absolute atomic E-state index is 0.784. The number of hydrogen-bond donors (Lipinski definition) is 0. The summed E-state index contributed by atoms with van der Waals surface area (Å²) in [6.07, 6.45) is 0. The first kappa shape index (κ1) is 44.2. The number of fused-ring (bicyclic) bond motifs is 9. The van der Waals surface area contributed by atoms with Crippen LogP contribution in [0.25, 0.3) is 110 Å². The van der Waals surface area contributed by atoms with Crippen LogP contribution in [0.15, 0.2) is 292 Å². The third kappa shape index (κ3) is 7.55. The Morgan fingerprint density at radius 1 is 0.195 bits per heavy atom. The monoisotopic (exact) mass is 986 g/mol. The second-order valence-corrected chi connectivity index (χ2v) is 19.6. The zero-order valence-electron chi connectivity index (χ0n) is 41.7. The van der Waals surface area contributed by atoms with E-state index in [4.69, 9.17) is 13.3 Å². The van der Waals surface area contributed by atoms with Gasteiger partial charge in [-0.05, 0) is 119 Å². The third-order valence-corrected chi connectivity index (χ3v) is 15.0. The molecule has 0 saturated carbocycles. The van der Waals surface area contributed by atoms with Crippen LogP contribution in [0.2, 0.25) is 0 Å². The van der Waals surface area contributed by atoms with Gasteiger partial charge in [-0.2, -0.15) is 0 Å². The molecule has 0 aliphatic heterocycles. The summed E-state index contributed by atoms with van der Waals surface area (Å²) >= 11 is 0. The van der Waals surface area contributed by atoms with Gasteiger partial charge in [0.15, 0.2) is 0 Å². The molecule has 3 heterocycles. The molecular formula is C72H46N2O3. The molecule has 5 heteroatoms. The van der Waals surface area contributed by atoms with Crippen LogP contribution >= 0.6 is 0 Å². The van der Waals surface area contributed by atoms with Crippen molar-refractivity contribution >= 4 is 99.9 Å². The summed E-state index contributed by atoms with van der Waals surface area (Å²) in [5.74, 6) is 0. The molecule has 0 atom stereocenters. The van der Waals surface area contributed by atoms with Gasteiger partial charge in [0.05, 0.1) is 0 Å². The standard InChI is InChI=1S/C72H46N2O3/c1-7-21-47(22-8-1)57-33-19-35-61-65-45-55(73(51-25-11-3-12-26-51)52-27-13-4-14-28-52)43-63(71(65)76-69(57)61)49-37-39-59-60-40-38-50(42-68(60)75-67(59)41-49)64-44-56(74(53-29-15-5-16-30-53)54-31-17-6-18-32-54)46-66-62-36-20-34-58(70(62)77-72(64)66)48-23-9-2-10-24-48/h1-46H. The smallest absolute Gasteiger partial charge is 0.143 e. The van der Waals surface area contributed by atoms with E-state index >= 15 is 0 Å². The van der Waals surface area contributed by atoms with Crippen molar-refractivity contribution in [1.29, 1.82) is 0 Å². The predicted molar refractivity (Wildman–Crippen MR) is 319 cm³/mol. The highest BCUT2D eigenvalue weighted by Gasteiger charge is 2.24. The number of rotatable bonds is 10. The van der Waals surface area contributed by atoms with Crippen molar-refractivity contribution < 1.29 is 13.3 Å². The van der Waals surface area contributed by atoms with Crippen LogP contribution in [0, 0.1) is 0 Å². The van der Waals surface area contributed by atoms with Gasteiger partial charge in [0.1, 0.15) is 33.5 Å². The van der Waals surface area contributed by atoms with E-state index in [0.717, 1.165) is 144 Å². The molecule has 0 spiro atoms. The van der Waals surface area contributed by atoms with Crippen molar-refractivity contribution in [3.05, 3.63) is 279 Å². The normalized spacial score (nSPS) is 11.6. The van der Waals surface area contributed by atoms with Gasteiger partial charge >= 0.3 is 0 Å². The van der Waals surface area contributed by atoms with Crippen LogP contribution in [0.1, 0.15) is 0 Å². The molecular weight excluding hydrogens is 941 g/mol. The van der Waals surface area contributed by atoms with Crippen LogP contribution in [0.4, 0.5) is 34.1 Å². The van der Waals surface area contributed by atoms with E-state index in [1.165, 1.54) is 0 Å². The van der Waals surface area contributed by atoms with Gasteiger partial charge in [0, 0.05) is 88.7 Å². The molecule has 0 saturated heterocycles. The maximum Gasteiger partial charge on any atom is 0.143 e. The van der Waals surface area contributed by atoms with Crippen LogP contribution in [0.3, 0.4) is 0 Å². The topological polar surface area (TPSA) is 45.9 Å². The van der Waals surface area contributed by atoms with E-state index < -0.39 is 0 Å². The van der Waals surface area contributed by atoms with E-state index in [9.17, 15) is 0 Å². The van der Waals surface area contributed by atoms with E-state index in [1.54, 1.807) is 0 Å². The zero-order valence-corrected chi connectivity index (χ0v) is 41.7. The minimum Gasteiger partial charge on any atom is -0.456 e. The average Bonchev–Trinajstić information content (AvgIpc) is 4.21. The van der Waals surface area contributed by atoms with Crippen LogP contribution < -0.4 is 9.80 Å². The van der Waals surface area contributed by atoms with E-state index in [0.29, 0.717) is 0 Å². The number of para-hydroxylation sites is 6. The third-order valence-electron chi connectivity index (χ3n) is 15.0. The Morgan fingerprint density at radius 2 is 0.532 bits per heavy atom. The quantitative estimate of drug-likeness (QED) is 0.137. The van der Waals surface area contributed by atoms with Gasteiger partial charge in [-0.15, -0.1) is 0 Å². The highest BCUT2D eigenvalue weighted by molar-refractivity contribution is 6.17. The van der Waals surface area contributed by atoms with Gasteiger partial charge in [0.25, 0.3) is 0 Å². The first-order chi connectivity index (χ1) is 38.2. The lowest BCUT2D eigenvalue weighted by Crippen LogP contribution is -2.09. The molecule has 15 aromatic rings. The number of hydrogen-bond acceptors (Lipinski definition) is 5. The Morgan fingerprint density at radius 3 is 0.896 bits per heavy atom. The van der Waals surface area contributed by atoms with Crippen molar-refractivity contribution in [3.63, 3.8) is 0 Å².